The molecule has 0 fully saturated rings. The van der Waals surface area contributed by atoms with Gasteiger partial charge in [-0.05, 0) is 18.6 Å². The number of hydrogen-bond acceptors (Lipinski definition) is 5. The van der Waals surface area contributed by atoms with Crippen LogP contribution in [-0.4, -0.2) is 27.5 Å². The standard InChI is InChI=1S/C19H15N3O2S/c1-2-24-19(23)18-22-16(11-25-18)15-10-21-17-14(15)8-13(9-20-17)12-6-4-3-5-7-12/h3-11H,2H2,1H3,(H,20,21). The van der Waals surface area contributed by atoms with Crippen LogP contribution in [0, 0.1) is 0 Å². The van der Waals surface area contributed by atoms with E-state index in [1.165, 1.54) is 11.3 Å². The minimum absolute atomic E-state index is 0.338. The second-order valence-corrected chi connectivity index (χ2v) is 6.31. The van der Waals surface area contributed by atoms with E-state index in [4.69, 9.17) is 4.74 Å². The molecule has 0 saturated carbocycles. The first kappa shape index (κ1) is 15.5. The van der Waals surface area contributed by atoms with Gasteiger partial charge in [0.05, 0.1) is 12.3 Å². The molecule has 3 aromatic heterocycles. The Morgan fingerprint density at radius 2 is 2.08 bits per heavy atom. The number of aromatic amines is 1. The summed E-state index contributed by atoms with van der Waals surface area (Å²) in [5.41, 5.74) is 4.60. The highest BCUT2D eigenvalue weighted by molar-refractivity contribution is 7.11. The van der Waals surface area contributed by atoms with E-state index in [0.29, 0.717) is 11.6 Å². The van der Waals surface area contributed by atoms with E-state index in [0.717, 1.165) is 33.4 Å². The quantitative estimate of drug-likeness (QED) is 0.550. The zero-order valence-electron chi connectivity index (χ0n) is 13.5. The van der Waals surface area contributed by atoms with E-state index < -0.39 is 0 Å². The number of pyridine rings is 1. The molecule has 3 heterocycles. The maximum absolute atomic E-state index is 11.8. The van der Waals surface area contributed by atoms with Crippen LogP contribution in [-0.2, 0) is 4.74 Å². The van der Waals surface area contributed by atoms with Gasteiger partial charge in [0.25, 0.3) is 0 Å². The summed E-state index contributed by atoms with van der Waals surface area (Å²) in [5, 5.41) is 3.20. The van der Waals surface area contributed by atoms with Crippen LogP contribution in [0.2, 0.25) is 0 Å². The first-order chi connectivity index (χ1) is 12.3. The van der Waals surface area contributed by atoms with Crippen molar-refractivity contribution >= 4 is 28.3 Å². The number of aromatic nitrogens is 3. The van der Waals surface area contributed by atoms with E-state index in [-0.39, 0.29) is 5.97 Å². The molecule has 1 N–H and O–H groups in total. The smallest absolute Gasteiger partial charge is 0.367 e. The van der Waals surface area contributed by atoms with Crippen molar-refractivity contribution < 1.29 is 9.53 Å². The fraction of sp³-hybridized carbons (Fsp3) is 0.105. The molecule has 0 aliphatic heterocycles. The summed E-state index contributed by atoms with van der Waals surface area (Å²) in [5.74, 6) is -0.387. The molecule has 0 bridgehead atoms. The molecule has 0 amide bonds. The second-order valence-electron chi connectivity index (χ2n) is 5.45. The van der Waals surface area contributed by atoms with Crippen LogP contribution in [0.5, 0.6) is 0 Å². The van der Waals surface area contributed by atoms with Gasteiger partial charge in [-0.25, -0.2) is 14.8 Å². The minimum Gasteiger partial charge on any atom is -0.461 e. The highest BCUT2D eigenvalue weighted by Crippen LogP contribution is 2.31. The number of fused-ring (bicyclic) bond motifs is 1. The Morgan fingerprint density at radius 1 is 1.24 bits per heavy atom. The average Bonchev–Trinajstić information content (AvgIpc) is 3.29. The van der Waals surface area contributed by atoms with Gasteiger partial charge in [-0.3, -0.25) is 0 Å². The van der Waals surface area contributed by atoms with Gasteiger partial charge in [-0.2, -0.15) is 0 Å². The molecular formula is C19H15N3O2S. The van der Waals surface area contributed by atoms with Crippen LogP contribution in [0.3, 0.4) is 0 Å². The Hall–Kier alpha value is -2.99. The van der Waals surface area contributed by atoms with Crippen LogP contribution in [0.4, 0.5) is 0 Å². The summed E-state index contributed by atoms with van der Waals surface area (Å²) in [6, 6.07) is 12.2. The molecule has 25 heavy (non-hydrogen) atoms. The van der Waals surface area contributed by atoms with Crippen molar-refractivity contribution in [1.82, 2.24) is 15.0 Å². The van der Waals surface area contributed by atoms with Crippen molar-refractivity contribution in [3.63, 3.8) is 0 Å². The predicted octanol–water partition coefficient (Wildman–Crippen LogP) is 4.53. The Balaban J connectivity index is 1.77. The third-order valence-corrected chi connectivity index (χ3v) is 4.69. The topological polar surface area (TPSA) is 67.9 Å². The zero-order chi connectivity index (χ0) is 17.2. The van der Waals surface area contributed by atoms with Crippen molar-refractivity contribution in [3.05, 3.63) is 59.2 Å². The summed E-state index contributed by atoms with van der Waals surface area (Å²) >= 11 is 1.29. The first-order valence-corrected chi connectivity index (χ1v) is 8.80. The lowest BCUT2D eigenvalue weighted by molar-refractivity contribution is 0.0526. The summed E-state index contributed by atoms with van der Waals surface area (Å²) in [7, 11) is 0. The third kappa shape index (κ3) is 2.92. The number of carbonyl (C=O) groups excluding carboxylic acids is 1. The number of hydrogen-bond donors (Lipinski definition) is 1. The molecule has 1 aromatic carbocycles. The number of nitrogens with zero attached hydrogens (tertiary/aromatic N) is 2. The lowest BCUT2D eigenvalue weighted by Crippen LogP contribution is -2.03. The molecule has 4 rings (SSSR count). The van der Waals surface area contributed by atoms with Crippen LogP contribution in [0.1, 0.15) is 16.7 Å². The van der Waals surface area contributed by atoms with Crippen molar-refractivity contribution in [2.75, 3.05) is 6.61 Å². The number of H-pyrrole nitrogens is 1. The van der Waals surface area contributed by atoms with Crippen LogP contribution in [0.15, 0.2) is 54.2 Å². The van der Waals surface area contributed by atoms with Gasteiger partial charge >= 0.3 is 5.97 Å². The number of carbonyl (C=O) groups is 1. The van der Waals surface area contributed by atoms with E-state index in [1.54, 1.807) is 6.92 Å². The van der Waals surface area contributed by atoms with Gasteiger partial charge in [-0.15, -0.1) is 11.3 Å². The van der Waals surface area contributed by atoms with Crippen molar-refractivity contribution in [2.45, 2.75) is 6.92 Å². The molecule has 0 radical (unpaired) electrons. The molecular weight excluding hydrogens is 334 g/mol. The molecule has 0 atom stereocenters. The number of benzene rings is 1. The normalized spacial score (nSPS) is 10.9. The molecule has 0 unspecified atom stereocenters. The van der Waals surface area contributed by atoms with Gasteiger partial charge in [0.15, 0.2) is 0 Å². The van der Waals surface area contributed by atoms with E-state index in [1.807, 2.05) is 36.0 Å². The van der Waals surface area contributed by atoms with E-state index >= 15 is 0 Å². The molecule has 0 aliphatic carbocycles. The fourth-order valence-corrected chi connectivity index (χ4v) is 3.40. The van der Waals surface area contributed by atoms with Gasteiger partial charge in [-0.1, -0.05) is 30.3 Å². The van der Waals surface area contributed by atoms with Crippen molar-refractivity contribution in [3.8, 4) is 22.4 Å². The Labute approximate surface area is 148 Å². The molecule has 0 spiro atoms. The van der Waals surface area contributed by atoms with E-state index in [9.17, 15) is 4.79 Å². The number of ether oxygens (including phenoxy) is 1. The Bertz CT molecular complexity index is 1040. The number of thiazole rings is 1. The van der Waals surface area contributed by atoms with Crippen LogP contribution >= 0.6 is 11.3 Å². The second kappa shape index (κ2) is 6.49. The molecule has 5 nitrogen and oxygen atoms in total. The molecule has 0 saturated heterocycles. The van der Waals surface area contributed by atoms with Gasteiger partial charge in [0, 0.05) is 34.3 Å². The highest BCUT2D eigenvalue weighted by Gasteiger charge is 2.16. The Morgan fingerprint density at radius 3 is 2.88 bits per heavy atom. The van der Waals surface area contributed by atoms with Crippen molar-refractivity contribution in [1.29, 1.82) is 0 Å². The van der Waals surface area contributed by atoms with Crippen LogP contribution in [0.25, 0.3) is 33.4 Å². The summed E-state index contributed by atoms with van der Waals surface area (Å²) in [6.07, 6.45) is 3.72. The van der Waals surface area contributed by atoms with Crippen LogP contribution < -0.4 is 0 Å². The summed E-state index contributed by atoms with van der Waals surface area (Å²) < 4.78 is 5.01. The van der Waals surface area contributed by atoms with E-state index in [2.05, 4.69) is 33.2 Å². The average molecular weight is 349 g/mol. The molecule has 4 aromatic rings. The van der Waals surface area contributed by atoms with Gasteiger partial charge in [0.1, 0.15) is 5.65 Å². The summed E-state index contributed by atoms with van der Waals surface area (Å²) in [6.45, 7) is 2.12. The predicted molar refractivity (Wildman–Crippen MR) is 98.6 cm³/mol. The molecule has 124 valence electrons. The van der Waals surface area contributed by atoms with Gasteiger partial charge < -0.3 is 9.72 Å². The number of esters is 1. The SMILES string of the molecule is CCOC(=O)c1nc(-c2c[nH]c3ncc(-c4ccccc4)cc23)cs1. The first-order valence-electron chi connectivity index (χ1n) is 7.92. The van der Waals surface area contributed by atoms with Crippen molar-refractivity contribution in [2.24, 2.45) is 0 Å². The largest absolute Gasteiger partial charge is 0.461 e. The Kier molecular flexibility index (Phi) is 4.03. The van der Waals surface area contributed by atoms with Gasteiger partial charge in [0.2, 0.25) is 5.01 Å². The molecule has 6 heteroatoms. The third-order valence-electron chi connectivity index (χ3n) is 3.87. The zero-order valence-corrected chi connectivity index (χ0v) is 14.3. The number of rotatable bonds is 4. The minimum atomic E-state index is -0.387. The maximum atomic E-state index is 11.8. The highest BCUT2D eigenvalue weighted by atomic mass is 32.1. The molecule has 0 aliphatic rings. The fourth-order valence-electron chi connectivity index (χ4n) is 2.69. The summed E-state index contributed by atoms with van der Waals surface area (Å²) in [4.78, 5) is 23.9. The monoisotopic (exact) mass is 349 g/mol. The number of nitrogens with one attached hydrogen (secondary N) is 1. The lowest BCUT2D eigenvalue weighted by Gasteiger charge is -2.02. The lowest BCUT2D eigenvalue weighted by atomic mass is 10.1. The maximum Gasteiger partial charge on any atom is 0.367 e.